The van der Waals surface area contributed by atoms with Gasteiger partial charge in [-0.15, -0.1) is 12.4 Å². The average Bonchev–Trinajstić information content (AvgIpc) is 3.00. The first-order chi connectivity index (χ1) is 10.4. The summed E-state index contributed by atoms with van der Waals surface area (Å²) in [6.45, 7) is 1.95. The van der Waals surface area contributed by atoms with Gasteiger partial charge in [0.1, 0.15) is 0 Å². The van der Waals surface area contributed by atoms with Crippen LogP contribution in [0.2, 0.25) is 0 Å². The molecule has 0 aliphatic heterocycles. The first-order valence-corrected chi connectivity index (χ1v) is 6.89. The number of hydrogen-bond donors (Lipinski definition) is 1. The predicted molar refractivity (Wildman–Crippen MR) is 88.1 cm³/mol. The van der Waals surface area contributed by atoms with Crippen molar-refractivity contribution in [1.29, 1.82) is 0 Å². The normalized spacial score (nSPS) is 10.6. The summed E-state index contributed by atoms with van der Waals surface area (Å²) in [5.41, 5.74) is 0.986. The first-order valence-electron chi connectivity index (χ1n) is 6.89. The molecule has 0 unspecified atom stereocenters. The largest absolute Gasteiger partial charge is 0.383 e. The zero-order chi connectivity index (χ0) is 14.5. The van der Waals surface area contributed by atoms with Gasteiger partial charge in [-0.1, -0.05) is 47.6 Å². The number of halogens is 1. The number of benzene rings is 2. The quantitative estimate of drug-likeness (QED) is 0.708. The van der Waals surface area contributed by atoms with Crippen LogP contribution in [0.3, 0.4) is 0 Å². The molecule has 0 fully saturated rings. The molecule has 0 saturated carbocycles. The zero-order valence-corrected chi connectivity index (χ0v) is 13.1. The Morgan fingerprint density at radius 2 is 1.95 bits per heavy atom. The van der Waals surface area contributed by atoms with Crippen molar-refractivity contribution in [2.75, 3.05) is 20.3 Å². The Balaban J connectivity index is 0.00000176. The van der Waals surface area contributed by atoms with Crippen LogP contribution in [0, 0.1) is 0 Å². The standard InChI is InChI=1S/C16H17N3O2.ClH/c1-20-10-9-17-11-15-18-16(19-21-15)14-8-4-6-12-5-2-3-7-13(12)14;/h2-8,17H,9-11H2,1H3;1H. The second-order valence-corrected chi connectivity index (χ2v) is 4.71. The maximum Gasteiger partial charge on any atom is 0.240 e. The highest BCUT2D eigenvalue weighted by molar-refractivity contribution is 5.94. The molecule has 0 spiro atoms. The fourth-order valence-electron chi connectivity index (χ4n) is 2.23. The summed E-state index contributed by atoms with van der Waals surface area (Å²) in [4.78, 5) is 4.45. The van der Waals surface area contributed by atoms with Gasteiger partial charge in [0.25, 0.3) is 0 Å². The Labute approximate surface area is 135 Å². The summed E-state index contributed by atoms with van der Waals surface area (Å²) in [5, 5.41) is 9.55. The minimum Gasteiger partial charge on any atom is -0.383 e. The van der Waals surface area contributed by atoms with E-state index in [2.05, 4.69) is 33.7 Å². The SMILES string of the molecule is COCCNCc1nc(-c2cccc3ccccc23)no1.Cl. The molecule has 0 radical (unpaired) electrons. The fourth-order valence-corrected chi connectivity index (χ4v) is 2.23. The van der Waals surface area contributed by atoms with Crippen LogP contribution >= 0.6 is 12.4 Å². The number of nitrogens with one attached hydrogen (secondary N) is 1. The smallest absolute Gasteiger partial charge is 0.240 e. The van der Waals surface area contributed by atoms with Crippen molar-refractivity contribution in [2.24, 2.45) is 0 Å². The molecule has 1 aromatic heterocycles. The van der Waals surface area contributed by atoms with Crippen LogP contribution in [0.5, 0.6) is 0 Å². The Hall–Kier alpha value is -1.95. The molecule has 2 aromatic carbocycles. The Morgan fingerprint density at radius 1 is 1.14 bits per heavy atom. The molecule has 3 aromatic rings. The summed E-state index contributed by atoms with van der Waals surface area (Å²) < 4.78 is 10.3. The number of hydrogen-bond acceptors (Lipinski definition) is 5. The van der Waals surface area contributed by atoms with Gasteiger partial charge >= 0.3 is 0 Å². The van der Waals surface area contributed by atoms with Gasteiger partial charge in [0.15, 0.2) is 0 Å². The van der Waals surface area contributed by atoms with Crippen LogP contribution in [-0.2, 0) is 11.3 Å². The van der Waals surface area contributed by atoms with Gasteiger partial charge in [-0.3, -0.25) is 0 Å². The third kappa shape index (κ3) is 3.62. The lowest BCUT2D eigenvalue weighted by Gasteiger charge is -2.01. The van der Waals surface area contributed by atoms with Crippen molar-refractivity contribution in [3.63, 3.8) is 0 Å². The van der Waals surface area contributed by atoms with Gasteiger partial charge in [0.2, 0.25) is 11.7 Å². The minimum absolute atomic E-state index is 0. The lowest BCUT2D eigenvalue weighted by Crippen LogP contribution is -2.18. The lowest BCUT2D eigenvalue weighted by atomic mass is 10.0. The number of methoxy groups -OCH3 is 1. The molecule has 0 saturated heterocycles. The lowest BCUT2D eigenvalue weighted by molar-refractivity contribution is 0.197. The van der Waals surface area contributed by atoms with Crippen LogP contribution < -0.4 is 5.32 Å². The molecule has 22 heavy (non-hydrogen) atoms. The van der Waals surface area contributed by atoms with Crippen LogP contribution in [0.4, 0.5) is 0 Å². The molecule has 116 valence electrons. The topological polar surface area (TPSA) is 60.2 Å². The van der Waals surface area contributed by atoms with E-state index >= 15 is 0 Å². The van der Waals surface area contributed by atoms with Crippen LogP contribution in [0.1, 0.15) is 5.89 Å². The molecule has 0 aliphatic carbocycles. The van der Waals surface area contributed by atoms with Gasteiger partial charge in [0.05, 0.1) is 13.2 Å². The second-order valence-electron chi connectivity index (χ2n) is 4.71. The van der Waals surface area contributed by atoms with Gasteiger partial charge < -0.3 is 14.6 Å². The zero-order valence-electron chi connectivity index (χ0n) is 12.3. The van der Waals surface area contributed by atoms with Crippen molar-refractivity contribution in [3.8, 4) is 11.4 Å². The first kappa shape index (κ1) is 16.4. The minimum atomic E-state index is 0. The highest BCUT2D eigenvalue weighted by atomic mass is 35.5. The monoisotopic (exact) mass is 319 g/mol. The van der Waals surface area contributed by atoms with Gasteiger partial charge in [-0.05, 0) is 10.8 Å². The van der Waals surface area contributed by atoms with Crippen LogP contribution in [0.25, 0.3) is 22.2 Å². The number of fused-ring (bicyclic) bond motifs is 1. The molecule has 0 atom stereocenters. The average molecular weight is 320 g/mol. The third-order valence-corrected chi connectivity index (χ3v) is 3.26. The van der Waals surface area contributed by atoms with Crippen LogP contribution in [0.15, 0.2) is 47.0 Å². The van der Waals surface area contributed by atoms with E-state index in [4.69, 9.17) is 9.26 Å². The van der Waals surface area contributed by atoms with E-state index in [1.807, 2.05) is 24.3 Å². The van der Waals surface area contributed by atoms with Crippen molar-refractivity contribution >= 4 is 23.2 Å². The van der Waals surface area contributed by atoms with Gasteiger partial charge in [0, 0.05) is 19.2 Å². The number of ether oxygens (including phenoxy) is 1. The van der Waals surface area contributed by atoms with E-state index in [9.17, 15) is 0 Å². The molecule has 1 N–H and O–H groups in total. The molecule has 0 amide bonds. The molecule has 6 heteroatoms. The Bertz CT molecular complexity index is 725. The molecule has 0 bridgehead atoms. The van der Waals surface area contributed by atoms with E-state index in [0.717, 1.165) is 17.5 Å². The molecule has 0 aliphatic rings. The second kappa shape index (κ2) is 7.89. The summed E-state index contributed by atoms with van der Waals surface area (Å²) in [7, 11) is 1.67. The van der Waals surface area contributed by atoms with Crippen molar-refractivity contribution < 1.29 is 9.26 Å². The third-order valence-electron chi connectivity index (χ3n) is 3.26. The van der Waals surface area contributed by atoms with Crippen molar-refractivity contribution in [2.45, 2.75) is 6.54 Å². The van der Waals surface area contributed by atoms with E-state index in [0.29, 0.717) is 24.9 Å². The summed E-state index contributed by atoms with van der Waals surface area (Å²) in [6.07, 6.45) is 0. The molecule has 5 nitrogen and oxygen atoms in total. The van der Waals surface area contributed by atoms with Crippen molar-refractivity contribution in [3.05, 3.63) is 48.4 Å². The van der Waals surface area contributed by atoms with Gasteiger partial charge in [-0.2, -0.15) is 4.98 Å². The highest BCUT2D eigenvalue weighted by Crippen LogP contribution is 2.26. The van der Waals surface area contributed by atoms with Crippen molar-refractivity contribution in [1.82, 2.24) is 15.5 Å². The Kier molecular flexibility index (Phi) is 5.89. The van der Waals surface area contributed by atoms with Crippen LogP contribution in [-0.4, -0.2) is 30.4 Å². The number of nitrogens with zero attached hydrogens (tertiary/aromatic N) is 2. The fraction of sp³-hybridized carbons (Fsp3) is 0.250. The maximum absolute atomic E-state index is 5.28. The summed E-state index contributed by atoms with van der Waals surface area (Å²) >= 11 is 0. The van der Waals surface area contributed by atoms with E-state index < -0.39 is 0 Å². The summed E-state index contributed by atoms with van der Waals surface area (Å²) in [5.74, 6) is 1.20. The Morgan fingerprint density at radius 3 is 2.82 bits per heavy atom. The summed E-state index contributed by atoms with van der Waals surface area (Å²) in [6, 6.07) is 14.3. The molecular weight excluding hydrogens is 302 g/mol. The number of aromatic nitrogens is 2. The van der Waals surface area contributed by atoms with Gasteiger partial charge in [-0.25, -0.2) is 0 Å². The van der Waals surface area contributed by atoms with E-state index in [1.165, 1.54) is 5.39 Å². The molecule has 1 heterocycles. The number of rotatable bonds is 6. The molecule has 3 rings (SSSR count). The van der Waals surface area contributed by atoms with E-state index in [1.54, 1.807) is 7.11 Å². The maximum atomic E-state index is 5.28. The molecular formula is C16H18ClN3O2. The highest BCUT2D eigenvalue weighted by Gasteiger charge is 2.10. The van der Waals surface area contributed by atoms with E-state index in [-0.39, 0.29) is 12.4 Å². The predicted octanol–water partition coefficient (Wildman–Crippen LogP) is 3.05.